The lowest BCUT2D eigenvalue weighted by Crippen LogP contribution is -2.05. The predicted molar refractivity (Wildman–Crippen MR) is 42.8 cm³/mol. The molecular weight excluding hydrogens is 219 g/mol. The van der Waals surface area contributed by atoms with Gasteiger partial charge in [-0.1, -0.05) is 11.6 Å². The molecule has 1 aromatic rings. The van der Waals surface area contributed by atoms with Crippen LogP contribution >= 0.6 is 11.6 Å². The van der Waals surface area contributed by atoms with E-state index >= 15 is 0 Å². The Labute approximate surface area is 82.5 Å². The van der Waals surface area contributed by atoms with Crippen molar-refractivity contribution in [3.8, 4) is 11.8 Å². The summed E-state index contributed by atoms with van der Waals surface area (Å²) in [5.74, 6) is -1.99. The molecular formula is C8H3ClF3NO. The van der Waals surface area contributed by atoms with Gasteiger partial charge >= 0.3 is 6.61 Å². The topological polar surface area (TPSA) is 33.0 Å². The molecule has 0 aromatic heterocycles. The first kappa shape index (κ1) is 10.7. The van der Waals surface area contributed by atoms with Gasteiger partial charge in [-0.25, -0.2) is 4.39 Å². The highest BCUT2D eigenvalue weighted by Crippen LogP contribution is 2.29. The van der Waals surface area contributed by atoms with Gasteiger partial charge in [0.05, 0.1) is 10.6 Å². The first-order valence-electron chi connectivity index (χ1n) is 3.39. The Morgan fingerprint density at radius 2 is 2.07 bits per heavy atom. The number of hydrogen-bond donors (Lipinski definition) is 0. The monoisotopic (exact) mass is 221 g/mol. The third kappa shape index (κ3) is 2.09. The SMILES string of the molecule is N#Cc1ccc(Cl)c(F)c1OC(F)F. The number of benzene rings is 1. The molecule has 14 heavy (non-hydrogen) atoms. The van der Waals surface area contributed by atoms with Crippen LogP contribution in [0.1, 0.15) is 5.56 Å². The van der Waals surface area contributed by atoms with Crippen LogP contribution in [0.25, 0.3) is 0 Å². The maximum Gasteiger partial charge on any atom is 0.387 e. The van der Waals surface area contributed by atoms with Gasteiger partial charge in [0.2, 0.25) is 0 Å². The molecule has 1 aromatic carbocycles. The van der Waals surface area contributed by atoms with Crippen molar-refractivity contribution in [3.63, 3.8) is 0 Å². The van der Waals surface area contributed by atoms with E-state index in [2.05, 4.69) is 4.74 Å². The van der Waals surface area contributed by atoms with E-state index in [0.717, 1.165) is 12.1 Å². The van der Waals surface area contributed by atoms with Crippen molar-refractivity contribution in [1.82, 2.24) is 0 Å². The third-order valence-corrected chi connectivity index (χ3v) is 1.67. The van der Waals surface area contributed by atoms with E-state index in [1.807, 2.05) is 0 Å². The largest absolute Gasteiger partial charge is 0.430 e. The summed E-state index contributed by atoms with van der Waals surface area (Å²) < 4.78 is 40.5. The van der Waals surface area contributed by atoms with Crippen LogP contribution in [0, 0.1) is 17.1 Å². The minimum absolute atomic E-state index is 0.327. The summed E-state index contributed by atoms with van der Waals surface area (Å²) in [6.07, 6.45) is 0. The minimum atomic E-state index is -3.20. The number of rotatable bonds is 2. The van der Waals surface area contributed by atoms with Crippen molar-refractivity contribution >= 4 is 11.6 Å². The number of halogens is 4. The van der Waals surface area contributed by atoms with E-state index in [0.29, 0.717) is 0 Å². The van der Waals surface area contributed by atoms with Crippen molar-refractivity contribution < 1.29 is 17.9 Å². The molecule has 0 saturated carbocycles. The third-order valence-electron chi connectivity index (χ3n) is 1.38. The van der Waals surface area contributed by atoms with Crippen molar-refractivity contribution in [3.05, 3.63) is 28.5 Å². The second-order valence-corrected chi connectivity index (χ2v) is 2.64. The molecule has 6 heteroatoms. The fourth-order valence-electron chi connectivity index (χ4n) is 0.824. The molecule has 0 fully saturated rings. The summed E-state index contributed by atoms with van der Waals surface area (Å²) in [6, 6.07) is 3.70. The summed E-state index contributed by atoms with van der Waals surface area (Å²) in [5.41, 5.74) is -0.327. The molecule has 0 heterocycles. The summed E-state index contributed by atoms with van der Waals surface area (Å²) in [6.45, 7) is -3.20. The second kappa shape index (κ2) is 4.20. The zero-order chi connectivity index (χ0) is 10.7. The van der Waals surface area contributed by atoms with Crippen molar-refractivity contribution in [2.75, 3.05) is 0 Å². The number of hydrogen-bond acceptors (Lipinski definition) is 2. The molecule has 0 aliphatic rings. The van der Waals surface area contributed by atoms with Crippen LogP contribution < -0.4 is 4.74 Å². The van der Waals surface area contributed by atoms with Gasteiger partial charge in [0.1, 0.15) is 6.07 Å². The zero-order valence-electron chi connectivity index (χ0n) is 6.60. The van der Waals surface area contributed by atoms with Crippen LogP contribution in [-0.2, 0) is 0 Å². The minimum Gasteiger partial charge on any atom is -0.430 e. The number of nitrogens with zero attached hydrogens (tertiary/aromatic N) is 1. The van der Waals surface area contributed by atoms with Crippen LogP contribution in [0.2, 0.25) is 5.02 Å². The molecule has 0 amide bonds. The fraction of sp³-hybridized carbons (Fsp3) is 0.125. The number of ether oxygens (including phenoxy) is 1. The van der Waals surface area contributed by atoms with E-state index in [1.165, 1.54) is 6.07 Å². The Morgan fingerprint density at radius 1 is 1.43 bits per heavy atom. The molecule has 0 unspecified atom stereocenters. The predicted octanol–water partition coefficient (Wildman–Crippen LogP) is 2.95. The lowest BCUT2D eigenvalue weighted by atomic mass is 10.2. The molecule has 0 aliphatic carbocycles. The molecule has 0 N–H and O–H groups in total. The molecule has 74 valence electrons. The van der Waals surface area contributed by atoms with Crippen molar-refractivity contribution in [2.24, 2.45) is 0 Å². The maximum absolute atomic E-state index is 13.1. The quantitative estimate of drug-likeness (QED) is 0.769. The van der Waals surface area contributed by atoms with Gasteiger partial charge in [0.25, 0.3) is 0 Å². The van der Waals surface area contributed by atoms with E-state index < -0.39 is 18.2 Å². The van der Waals surface area contributed by atoms with Crippen molar-refractivity contribution in [2.45, 2.75) is 6.61 Å². The fourth-order valence-corrected chi connectivity index (χ4v) is 0.973. The number of alkyl halides is 2. The van der Waals surface area contributed by atoms with Gasteiger partial charge in [-0.2, -0.15) is 14.0 Å². The standard InChI is InChI=1S/C8H3ClF3NO/c9-5-2-1-4(3-13)7(6(5)10)14-8(11)12/h1-2,8H. The van der Waals surface area contributed by atoms with Gasteiger partial charge in [-0.3, -0.25) is 0 Å². The Bertz CT molecular complexity index is 389. The summed E-state index contributed by atoms with van der Waals surface area (Å²) in [5, 5.41) is 8.09. The summed E-state index contributed by atoms with van der Waals surface area (Å²) in [7, 11) is 0. The van der Waals surface area contributed by atoms with Gasteiger partial charge in [-0.05, 0) is 12.1 Å². The van der Waals surface area contributed by atoms with E-state index in [1.54, 1.807) is 0 Å². The highest BCUT2D eigenvalue weighted by Gasteiger charge is 2.17. The van der Waals surface area contributed by atoms with Gasteiger partial charge in [0.15, 0.2) is 11.6 Å². The Kier molecular flexibility index (Phi) is 3.20. The van der Waals surface area contributed by atoms with Crippen LogP contribution in [0.15, 0.2) is 12.1 Å². The van der Waals surface area contributed by atoms with E-state index in [9.17, 15) is 13.2 Å². The normalized spacial score (nSPS) is 10.0. The molecule has 0 atom stereocenters. The smallest absolute Gasteiger partial charge is 0.387 e. The molecule has 1 rings (SSSR count). The second-order valence-electron chi connectivity index (χ2n) is 2.23. The molecule has 0 bridgehead atoms. The number of nitriles is 1. The molecule has 0 spiro atoms. The average Bonchev–Trinajstić information content (AvgIpc) is 2.13. The van der Waals surface area contributed by atoms with Crippen LogP contribution in [-0.4, -0.2) is 6.61 Å². The first-order valence-corrected chi connectivity index (χ1v) is 3.77. The lowest BCUT2D eigenvalue weighted by Gasteiger charge is -2.07. The Balaban J connectivity index is 3.23. The van der Waals surface area contributed by atoms with Crippen LogP contribution in [0.3, 0.4) is 0 Å². The summed E-state index contributed by atoms with van der Waals surface area (Å²) >= 11 is 5.32. The maximum atomic E-state index is 13.1. The summed E-state index contributed by atoms with van der Waals surface area (Å²) in [4.78, 5) is 0. The molecule has 2 nitrogen and oxygen atoms in total. The average molecular weight is 222 g/mol. The van der Waals surface area contributed by atoms with Crippen molar-refractivity contribution in [1.29, 1.82) is 5.26 Å². The Morgan fingerprint density at radius 3 is 2.57 bits per heavy atom. The van der Waals surface area contributed by atoms with Gasteiger partial charge in [-0.15, -0.1) is 0 Å². The zero-order valence-corrected chi connectivity index (χ0v) is 7.36. The van der Waals surface area contributed by atoms with Gasteiger partial charge in [0, 0.05) is 0 Å². The van der Waals surface area contributed by atoms with E-state index in [-0.39, 0.29) is 10.6 Å². The van der Waals surface area contributed by atoms with Crippen LogP contribution in [0.5, 0.6) is 5.75 Å². The van der Waals surface area contributed by atoms with E-state index in [4.69, 9.17) is 16.9 Å². The van der Waals surface area contributed by atoms with Crippen LogP contribution in [0.4, 0.5) is 13.2 Å². The molecule has 0 radical (unpaired) electrons. The molecule has 0 aliphatic heterocycles. The lowest BCUT2D eigenvalue weighted by molar-refractivity contribution is -0.0523. The first-order chi connectivity index (χ1) is 6.56. The van der Waals surface area contributed by atoms with Gasteiger partial charge < -0.3 is 4.74 Å². The Hall–Kier alpha value is -1.41. The highest BCUT2D eigenvalue weighted by atomic mass is 35.5. The molecule has 0 saturated heterocycles. The highest BCUT2D eigenvalue weighted by molar-refractivity contribution is 6.30.